The molecule has 0 unspecified atom stereocenters. The number of carboxylic acid groups (broad SMARTS) is 1. The van der Waals surface area contributed by atoms with Crippen molar-refractivity contribution in [3.63, 3.8) is 0 Å². The molecule has 0 aromatic heterocycles. The molecule has 0 saturated heterocycles. The van der Waals surface area contributed by atoms with Crippen LogP contribution in [0.25, 0.3) is 0 Å². The lowest BCUT2D eigenvalue weighted by Gasteiger charge is -2.43. The van der Waals surface area contributed by atoms with Crippen LogP contribution in [0.4, 0.5) is 83.4 Å². The maximum atomic E-state index is 13.4. The molecule has 0 aliphatic rings. The first kappa shape index (κ1) is 30.9. The zero-order chi connectivity index (χ0) is 27.7. The highest BCUT2D eigenvalue weighted by Crippen LogP contribution is 2.65. The van der Waals surface area contributed by atoms with Crippen molar-refractivity contribution in [3.8, 4) is 0 Å². The molecular weight excluding hydrogens is 537 g/mol. The van der Waals surface area contributed by atoms with Crippen LogP contribution in [-0.4, -0.2) is 64.6 Å². The largest absolute Gasteiger partial charge is 0.478 e. The molecule has 0 amide bonds. The van der Waals surface area contributed by atoms with Crippen molar-refractivity contribution in [1.82, 2.24) is 0 Å². The molecule has 0 fully saturated rings. The summed E-state index contributed by atoms with van der Waals surface area (Å²) in [5.74, 6) is -71.8. The topological polar surface area (TPSA) is 37.3 Å². The highest BCUT2D eigenvalue weighted by Gasteiger charge is 2.96. The molecule has 0 saturated carbocycles. The van der Waals surface area contributed by atoms with E-state index in [1.165, 1.54) is 6.58 Å². The number of aliphatic carboxylic acids is 1. The van der Waals surface area contributed by atoms with Gasteiger partial charge in [-0.25, -0.2) is 4.79 Å². The minimum atomic E-state index is -9.05. The lowest BCUT2D eigenvalue weighted by molar-refractivity contribution is -0.467. The average Bonchev–Trinajstić information content (AvgIpc) is 2.58. The third kappa shape index (κ3) is 3.64. The first-order chi connectivity index (χ1) is 13.9. The Morgan fingerprint density at radius 2 is 0.667 bits per heavy atom. The molecule has 0 aliphatic carbocycles. The van der Waals surface area contributed by atoms with Crippen LogP contribution in [0.1, 0.15) is 0 Å². The van der Waals surface area contributed by atoms with Crippen molar-refractivity contribution in [3.05, 3.63) is 12.2 Å². The second-order valence-corrected chi connectivity index (χ2v) is 5.88. The van der Waals surface area contributed by atoms with Crippen LogP contribution in [0.2, 0.25) is 0 Å². The molecule has 0 atom stereocenters. The Morgan fingerprint density at radius 1 is 0.455 bits per heavy atom. The number of halogens is 19. The third-order valence-electron chi connectivity index (χ3n) is 3.75. The Hall–Kier alpha value is -2.12. The van der Waals surface area contributed by atoms with E-state index < -0.39 is 65.1 Å². The molecule has 0 spiro atoms. The van der Waals surface area contributed by atoms with E-state index in [-0.39, 0.29) is 0 Å². The van der Waals surface area contributed by atoms with Crippen molar-refractivity contribution in [2.75, 3.05) is 0 Å². The number of hydrogen-bond acceptors (Lipinski definition) is 1. The predicted octanol–water partition coefficient (Wildman–Crippen LogP) is 6.27. The summed E-state index contributed by atoms with van der Waals surface area (Å²) in [4.78, 5) is 10.2. The van der Waals surface area contributed by atoms with E-state index >= 15 is 0 Å². The van der Waals surface area contributed by atoms with E-state index in [9.17, 15) is 88.2 Å². The highest BCUT2D eigenvalue weighted by atomic mass is 19.4. The molecule has 0 aromatic rings. The van der Waals surface area contributed by atoms with Crippen molar-refractivity contribution >= 4 is 5.97 Å². The fraction of sp³-hybridized carbons (Fsp3) is 0.750. The Kier molecular flexibility index (Phi) is 6.96. The Balaban J connectivity index is 7.02. The lowest BCUT2D eigenvalue weighted by Crippen LogP contribution is -2.76. The molecule has 0 radical (unpaired) electrons. The van der Waals surface area contributed by atoms with Gasteiger partial charge in [0.1, 0.15) is 5.57 Å². The van der Waals surface area contributed by atoms with Gasteiger partial charge in [-0.2, -0.15) is 83.4 Å². The molecule has 0 aromatic carbocycles. The Morgan fingerprint density at radius 3 is 0.879 bits per heavy atom. The van der Waals surface area contributed by atoms with Gasteiger partial charge in [0.25, 0.3) is 0 Å². The fourth-order valence-electron chi connectivity index (χ4n) is 1.68. The maximum Gasteiger partial charge on any atom is 0.460 e. The van der Waals surface area contributed by atoms with Crippen molar-refractivity contribution in [2.45, 2.75) is 53.6 Å². The van der Waals surface area contributed by atoms with E-state index in [4.69, 9.17) is 5.11 Å². The van der Waals surface area contributed by atoms with Gasteiger partial charge in [-0.15, -0.1) is 0 Å². The molecule has 0 bridgehead atoms. The molecule has 21 heteroatoms. The van der Waals surface area contributed by atoms with Crippen LogP contribution in [0.15, 0.2) is 12.2 Å². The van der Waals surface area contributed by atoms with E-state index in [2.05, 4.69) is 0 Å². The van der Waals surface area contributed by atoms with Crippen LogP contribution < -0.4 is 0 Å². The molecule has 0 aliphatic heterocycles. The standard InChI is InChI=1S/C12H3F19O2/c1-2(3(32)33)4(13,14)5(15,16)6(17,18)7(19,20)8(21,22)9(23,24)10(25,26)11(27,28)12(29,30)31/h1H2,(H,32,33). The van der Waals surface area contributed by atoms with E-state index in [1.54, 1.807) is 0 Å². The fourth-order valence-corrected chi connectivity index (χ4v) is 1.68. The van der Waals surface area contributed by atoms with Crippen LogP contribution in [0.5, 0.6) is 0 Å². The van der Waals surface area contributed by atoms with E-state index in [0.29, 0.717) is 0 Å². The Bertz CT molecular complexity index is 789. The molecule has 196 valence electrons. The average molecular weight is 540 g/mol. The van der Waals surface area contributed by atoms with Gasteiger partial charge < -0.3 is 5.11 Å². The minimum Gasteiger partial charge on any atom is -0.478 e. The SMILES string of the molecule is C=C(C(=O)O)C(F)(F)C(F)(F)C(F)(F)C(F)(F)C(F)(F)C(F)(F)C(F)(F)C(F)(F)C(F)(F)F. The van der Waals surface area contributed by atoms with Crippen molar-refractivity contribution < 1.29 is 93.3 Å². The molecule has 1 N–H and O–H groups in total. The van der Waals surface area contributed by atoms with Gasteiger partial charge in [-0.1, -0.05) is 6.58 Å². The van der Waals surface area contributed by atoms with Gasteiger partial charge in [0.2, 0.25) is 0 Å². The zero-order valence-corrected chi connectivity index (χ0v) is 14.2. The second kappa shape index (κ2) is 7.44. The van der Waals surface area contributed by atoms with Crippen LogP contribution in [0, 0.1) is 0 Å². The molecular formula is C12H3F19O2. The normalized spacial score (nSPS) is 16.1. The second-order valence-electron chi connectivity index (χ2n) is 5.88. The molecule has 0 rings (SSSR count). The van der Waals surface area contributed by atoms with Crippen LogP contribution >= 0.6 is 0 Å². The van der Waals surface area contributed by atoms with Gasteiger partial charge >= 0.3 is 59.5 Å². The monoisotopic (exact) mass is 540 g/mol. The van der Waals surface area contributed by atoms with E-state index in [0.717, 1.165) is 0 Å². The van der Waals surface area contributed by atoms with Gasteiger partial charge in [-0.05, 0) is 0 Å². The van der Waals surface area contributed by atoms with Gasteiger partial charge in [0.15, 0.2) is 0 Å². The molecule has 0 heterocycles. The summed E-state index contributed by atoms with van der Waals surface area (Å²) in [6.45, 7) is 1.51. The van der Waals surface area contributed by atoms with Gasteiger partial charge in [-0.3, -0.25) is 0 Å². The minimum absolute atomic E-state index is 1.51. The van der Waals surface area contributed by atoms with E-state index in [1.807, 2.05) is 0 Å². The summed E-state index contributed by atoms with van der Waals surface area (Å²) < 4.78 is 246. The first-order valence-corrected chi connectivity index (χ1v) is 6.87. The number of carboxylic acids is 1. The van der Waals surface area contributed by atoms with Crippen molar-refractivity contribution in [2.24, 2.45) is 0 Å². The summed E-state index contributed by atoms with van der Waals surface area (Å²) >= 11 is 0. The van der Waals surface area contributed by atoms with Gasteiger partial charge in [0.05, 0.1) is 0 Å². The predicted molar refractivity (Wildman–Crippen MR) is 62.4 cm³/mol. The lowest BCUT2D eigenvalue weighted by atomic mass is 9.86. The van der Waals surface area contributed by atoms with Crippen molar-refractivity contribution in [1.29, 1.82) is 0 Å². The smallest absolute Gasteiger partial charge is 0.460 e. The summed E-state index contributed by atoms with van der Waals surface area (Å²) in [6, 6.07) is 0. The number of carbonyl (C=O) groups is 1. The molecule has 33 heavy (non-hydrogen) atoms. The van der Waals surface area contributed by atoms with Gasteiger partial charge in [0, 0.05) is 0 Å². The summed E-state index contributed by atoms with van der Waals surface area (Å²) in [5, 5.41) is 8.01. The molecule has 2 nitrogen and oxygen atoms in total. The van der Waals surface area contributed by atoms with Crippen LogP contribution in [-0.2, 0) is 4.79 Å². The number of hydrogen-bond donors (Lipinski definition) is 1. The highest BCUT2D eigenvalue weighted by molar-refractivity contribution is 5.88. The summed E-state index contributed by atoms with van der Waals surface area (Å²) in [6.07, 6.45) is -7.95. The first-order valence-electron chi connectivity index (χ1n) is 6.87. The van der Waals surface area contributed by atoms with Crippen LogP contribution in [0.3, 0.4) is 0 Å². The number of alkyl halides is 19. The quantitative estimate of drug-likeness (QED) is 0.277. The summed E-state index contributed by atoms with van der Waals surface area (Å²) in [7, 11) is 0. The third-order valence-corrected chi connectivity index (χ3v) is 3.75. The summed E-state index contributed by atoms with van der Waals surface area (Å²) in [5.41, 5.74) is -3.47. The Labute approximate surface area is 166 Å². The number of rotatable bonds is 9. The maximum absolute atomic E-state index is 13.4. The zero-order valence-electron chi connectivity index (χ0n) is 14.2.